The summed E-state index contributed by atoms with van der Waals surface area (Å²) in [7, 11) is -3.37. The zero-order valence-corrected chi connectivity index (χ0v) is 11.8. The van der Waals surface area contributed by atoms with Crippen LogP contribution in [0.4, 0.5) is 0 Å². The lowest BCUT2D eigenvalue weighted by atomic mass is 10.3. The number of ketones is 1. The van der Waals surface area contributed by atoms with Crippen LogP contribution in [0.5, 0.6) is 0 Å². The summed E-state index contributed by atoms with van der Waals surface area (Å²) in [6.45, 7) is 3.04. The summed E-state index contributed by atoms with van der Waals surface area (Å²) in [5.74, 6) is -0.0916. The molecule has 0 aliphatic rings. The van der Waals surface area contributed by atoms with Gasteiger partial charge in [-0.2, -0.15) is 0 Å². The average molecular weight is 287 g/mol. The Morgan fingerprint density at radius 1 is 1.33 bits per heavy atom. The number of hydrogen-bond acceptors (Lipinski definition) is 3. The second kappa shape index (κ2) is 6.16. The molecular formula is C13H15ClO3S. The fourth-order valence-electron chi connectivity index (χ4n) is 1.41. The lowest BCUT2D eigenvalue weighted by molar-refractivity contribution is -0.112. The number of carbonyl (C=O) groups is 1. The summed E-state index contributed by atoms with van der Waals surface area (Å²) in [4.78, 5) is 11.0. The van der Waals surface area contributed by atoms with Crippen LogP contribution in [0, 0.1) is 0 Å². The predicted molar refractivity (Wildman–Crippen MR) is 72.5 cm³/mol. The van der Waals surface area contributed by atoms with Crippen LogP contribution in [-0.2, 0) is 14.6 Å². The van der Waals surface area contributed by atoms with Gasteiger partial charge in [0.2, 0.25) is 0 Å². The van der Waals surface area contributed by atoms with Crippen LogP contribution >= 0.6 is 11.6 Å². The van der Waals surface area contributed by atoms with Gasteiger partial charge in [0.1, 0.15) is 0 Å². The van der Waals surface area contributed by atoms with E-state index < -0.39 is 15.1 Å². The van der Waals surface area contributed by atoms with Crippen molar-refractivity contribution in [2.45, 2.75) is 30.4 Å². The number of halogens is 1. The highest BCUT2D eigenvalue weighted by atomic mass is 35.5. The summed E-state index contributed by atoms with van der Waals surface area (Å²) in [5, 5.41) is -0.0765. The van der Waals surface area contributed by atoms with Crippen LogP contribution in [0.2, 0.25) is 5.02 Å². The van der Waals surface area contributed by atoms with Crippen molar-refractivity contribution in [2.75, 3.05) is 0 Å². The SMILES string of the molecule is CC(=O)C=CCC(C)S(=O)(=O)c1ccc(Cl)cc1. The fraction of sp³-hybridized carbons (Fsp3) is 0.308. The van der Waals surface area contributed by atoms with E-state index in [9.17, 15) is 13.2 Å². The topological polar surface area (TPSA) is 51.2 Å². The third kappa shape index (κ3) is 3.96. The second-order valence-corrected chi connectivity index (χ2v) is 6.86. The predicted octanol–water partition coefficient (Wildman–Crippen LogP) is 3.04. The molecular weight excluding hydrogens is 272 g/mol. The first-order valence-electron chi connectivity index (χ1n) is 5.50. The van der Waals surface area contributed by atoms with E-state index in [0.717, 1.165) is 0 Å². The molecule has 0 amide bonds. The van der Waals surface area contributed by atoms with E-state index in [1.54, 1.807) is 25.1 Å². The van der Waals surface area contributed by atoms with Crippen LogP contribution in [0.3, 0.4) is 0 Å². The molecule has 5 heteroatoms. The van der Waals surface area contributed by atoms with Gasteiger partial charge < -0.3 is 0 Å². The van der Waals surface area contributed by atoms with Crippen molar-refractivity contribution < 1.29 is 13.2 Å². The number of rotatable bonds is 5. The van der Waals surface area contributed by atoms with Crippen LogP contribution in [-0.4, -0.2) is 19.5 Å². The van der Waals surface area contributed by atoms with Gasteiger partial charge in [0.05, 0.1) is 10.1 Å². The smallest absolute Gasteiger partial charge is 0.181 e. The number of sulfone groups is 1. The maximum Gasteiger partial charge on any atom is 0.181 e. The normalized spacial score (nSPS) is 13.7. The van der Waals surface area contributed by atoms with Crippen LogP contribution < -0.4 is 0 Å². The maximum absolute atomic E-state index is 12.2. The van der Waals surface area contributed by atoms with E-state index in [1.165, 1.54) is 25.1 Å². The van der Waals surface area contributed by atoms with E-state index in [1.807, 2.05) is 0 Å². The van der Waals surface area contributed by atoms with Crippen LogP contribution in [0.15, 0.2) is 41.3 Å². The van der Waals surface area contributed by atoms with Crippen molar-refractivity contribution in [1.29, 1.82) is 0 Å². The Hall–Kier alpha value is -1.13. The molecule has 0 heterocycles. The van der Waals surface area contributed by atoms with Gasteiger partial charge in [-0.25, -0.2) is 8.42 Å². The van der Waals surface area contributed by atoms with Crippen molar-refractivity contribution in [1.82, 2.24) is 0 Å². The van der Waals surface area contributed by atoms with E-state index in [0.29, 0.717) is 11.4 Å². The van der Waals surface area contributed by atoms with Gasteiger partial charge in [0, 0.05) is 5.02 Å². The highest BCUT2D eigenvalue weighted by Gasteiger charge is 2.21. The molecule has 18 heavy (non-hydrogen) atoms. The standard InChI is InChI=1S/C13H15ClO3S/c1-10(15)4-3-5-11(2)18(16,17)13-8-6-12(14)7-9-13/h3-4,6-9,11H,5H2,1-2H3. The first-order valence-corrected chi connectivity index (χ1v) is 7.43. The molecule has 1 aromatic carbocycles. The Morgan fingerprint density at radius 2 is 1.89 bits per heavy atom. The van der Waals surface area contributed by atoms with Crippen molar-refractivity contribution in [3.8, 4) is 0 Å². The fourth-order valence-corrected chi connectivity index (χ4v) is 2.88. The van der Waals surface area contributed by atoms with E-state index in [-0.39, 0.29) is 10.7 Å². The van der Waals surface area contributed by atoms with Crippen molar-refractivity contribution in [3.05, 3.63) is 41.4 Å². The molecule has 0 fully saturated rings. The van der Waals surface area contributed by atoms with Gasteiger partial charge in [-0.3, -0.25) is 4.79 Å². The lowest BCUT2D eigenvalue weighted by Gasteiger charge is -2.10. The molecule has 1 rings (SSSR count). The molecule has 0 spiro atoms. The summed E-state index contributed by atoms with van der Waals surface area (Å²) in [6, 6.07) is 6.07. The Kier molecular flexibility index (Phi) is 5.11. The number of benzene rings is 1. The third-order valence-corrected chi connectivity index (χ3v) is 4.93. The summed E-state index contributed by atoms with van der Waals surface area (Å²) >= 11 is 5.72. The largest absolute Gasteiger partial charge is 0.295 e. The number of allylic oxidation sites excluding steroid dienone is 2. The number of carbonyl (C=O) groups excluding carboxylic acids is 1. The minimum Gasteiger partial charge on any atom is -0.295 e. The zero-order valence-electron chi connectivity index (χ0n) is 10.3. The van der Waals surface area contributed by atoms with Gasteiger partial charge in [0.25, 0.3) is 0 Å². The van der Waals surface area contributed by atoms with Gasteiger partial charge in [-0.05, 0) is 50.6 Å². The molecule has 0 aliphatic heterocycles. The molecule has 3 nitrogen and oxygen atoms in total. The summed E-state index contributed by atoms with van der Waals surface area (Å²) in [5.41, 5.74) is 0. The molecule has 0 bridgehead atoms. The molecule has 0 aliphatic carbocycles. The van der Waals surface area contributed by atoms with Crippen LogP contribution in [0.25, 0.3) is 0 Å². The van der Waals surface area contributed by atoms with E-state index in [4.69, 9.17) is 11.6 Å². The molecule has 0 N–H and O–H groups in total. The second-order valence-electron chi connectivity index (χ2n) is 4.06. The molecule has 0 radical (unpaired) electrons. The van der Waals surface area contributed by atoms with Crippen LogP contribution in [0.1, 0.15) is 20.3 Å². The molecule has 0 saturated heterocycles. The summed E-state index contributed by atoms with van der Waals surface area (Å²) < 4.78 is 24.3. The molecule has 1 aromatic rings. The van der Waals surface area contributed by atoms with Gasteiger partial charge in [0.15, 0.2) is 15.6 Å². The number of hydrogen-bond donors (Lipinski definition) is 0. The van der Waals surface area contributed by atoms with E-state index in [2.05, 4.69) is 0 Å². The highest BCUT2D eigenvalue weighted by molar-refractivity contribution is 7.92. The minimum atomic E-state index is -3.37. The van der Waals surface area contributed by atoms with Crippen molar-refractivity contribution >= 4 is 27.2 Å². The minimum absolute atomic E-state index is 0.0916. The Balaban J connectivity index is 2.86. The quantitative estimate of drug-likeness (QED) is 0.782. The average Bonchev–Trinajstić information content (AvgIpc) is 2.28. The van der Waals surface area contributed by atoms with Crippen molar-refractivity contribution in [3.63, 3.8) is 0 Å². The highest BCUT2D eigenvalue weighted by Crippen LogP contribution is 2.20. The molecule has 1 atom stereocenters. The lowest BCUT2D eigenvalue weighted by Crippen LogP contribution is -2.17. The molecule has 0 saturated carbocycles. The first kappa shape index (κ1) is 14.9. The van der Waals surface area contributed by atoms with Gasteiger partial charge >= 0.3 is 0 Å². The molecule has 1 unspecified atom stereocenters. The van der Waals surface area contributed by atoms with Gasteiger partial charge in [-0.1, -0.05) is 17.7 Å². The first-order chi connectivity index (χ1) is 8.34. The summed E-state index contributed by atoms with van der Waals surface area (Å²) in [6.07, 6.45) is 3.28. The third-order valence-electron chi connectivity index (χ3n) is 2.49. The molecule has 0 aromatic heterocycles. The van der Waals surface area contributed by atoms with Gasteiger partial charge in [-0.15, -0.1) is 0 Å². The van der Waals surface area contributed by atoms with Crippen molar-refractivity contribution in [2.24, 2.45) is 0 Å². The Bertz CT molecular complexity index is 544. The zero-order chi connectivity index (χ0) is 13.8. The monoisotopic (exact) mass is 286 g/mol. The van der Waals surface area contributed by atoms with E-state index >= 15 is 0 Å². The molecule has 98 valence electrons. The Morgan fingerprint density at radius 3 is 2.39 bits per heavy atom. The Labute approximate surface area is 112 Å². The maximum atomic E-state index is 12.2.